The fourth-order valence-electron chi connectivity index (χ4n) is 2.10. The van der Waals surface area contributed by atoms with Gasteiger partial charge in [0.15, 0.2) is 0 Å². The van der Waals surface area contributed by atoms with Gasteiger partial charge < -0.3 is 14.8 Å². The van der Waals surface area contributed by atoms with Crippen LogP contribution >= 0.6 is 15.9 Å². The Morgan fingerprint density at radius 2 is 1.62 bits per heavy atom. The van der Waals surface area contributed by atoms with Crippen molar-refractivity contribution in [2.24, 2.45) is 0 Å². The van der Waals surface area contributed by atoms with Gasteiger partial charge in [-0.2, -0.15) is 0 Å². The number of carbonyl (C=O) groups excluding carboxylic acids is 1. The number of carbonyl (C=O) groups is 1. The van der Waals surface area contributed by atoms with Gasteiger partial charge in [0, 0.05) is 41.3 Å². The van der Waals surface area contributed by atoms with Gasteiger partial charge in [0.05, 0.1) is 19.1 Å². The summed E-state index contributed by atoms with van der Waals surface area (Å²) in [5.41, 5.74) is 0.502. The lowest BCUT2D eigenvalue weighted by Gasteiger charge is -2.10. The van der Waals surface area contributed by atoms with E-state index in [2.05, 4.69) is 26.0 Å². The summed E-state index contributed by atoms with van der Waals surface area (Å²) in [6, 6.07) is 11.2. The lowest BCUT2D eigenvalue weighted by molar-refractivity contribution is -0.116. The molecule has 0 atom stereocenters. The van der Waals surface area contributed by atoms with Crippen molar-refractivity contribution in [2.45, 2.75) is 11.3 Å². The van der Waals surface area contributed by atoms with Crippen molar-refractivity contribution in [3.8, 4) is 11.5 Å². The lowest BCUT2D eigenvalue weighted by Crippen LogP contribution is -2.27. The first kappa shape index (κ1) is 20.2. The van der Waals surface area contributed by atoms with Crippen LogP contribution in [-0.2, 0) is 14.8 Å². The number of amides is 1. The van der Waals surface area contributed by atoms with Gasteiger partial charge in [-0.05, 0) is 24.3 Å². The molecule has 0 aliphatic heterocycles. The molecule has 0 aliphatic carbocycles. The Morgan fingerprint density at radius 3 is 2.15 bits per heavy atom. The number of nitrogens with one attached hydrogen (secondary N) is 2. The van der Waals surface area contributed by atoms with Crippen molar-refractivity contribution in [1.82, 2.24) is 4.72 Å². The van der Waals surface area contributed by atoms with Crippen LogP contribution in [0.5, 0.6) is 11.5 Å². The molecule has 1 amide bonds. The van der Waals surface area contributed by atoms with Crippen LogP contribution in [0.15, 0.2) is 51.8 Å². The van der Waals surface area contributed by atoms with Gasteiger partial charge in [-0.3, -0.25) is 4.79 Å². The Hall–Kier alpha value is -2.10. The molecule has 2 aromatic carbocycles. The summed E-state index contributed by atoms with van der Waals surface area (Å²) >= 11 is 3.25. The maximum Gasteiger partial charge on any atom is 0.240 e. The molecule has 0 unspecified atom stereocenters. The summed E-state index contributed by atoms with van der Waals surface area (Å²) < 4.78 is 37.8. The zero-order chi connectivity index (χ0) is 19.2. The van der Waals surface area contributed by atoms with E-state index in [0.29, 0.717) is 17.2 Å². The quantitative estimate of drug-likeness (QED) is 0.655. The molecule has 26 heavy (non-hydrogen) atoms. The van der Waals surface area contributed by atoms with Crippen LogP contribution in [0.2, 0.25) is 0 Å². The predicted molar refractivity (Wildman–Crippen MR) is 102 cm³/mol. The molecular weight excluding hydrogens is 424 g/mol. The van der Waals surface area contributed by atoms with E-state index in [1.54, 1.807) is 30.3 Å². The average molecular weight is 443 g/mol. The summed E-state index contributed by atoms with van der Waals surface area (Å²) in [5.74, 6) is 0.741. The lowest BCUT2D eigenvalue weighted by atomic mass is 10.2. The van der Waals surface area contributed by atoms with Crippen LogP contribution in [0.25, 0.3) is 0 Å². The molecule has 140 valence electrons. The molecule has 9 heteroatoms. The van der Waals surface area contributed by atoms with Crippen LogP contribution in [0.4, 0.5) is 5.69 Å². The second-order valence-corrected chi connectivity index (χ2v) is 7.93. The first-order chi connectivity index (χ1) is 12.3. The molecule has 2 N–H and O–H groups in total. The number of methoxy groups -OCH3 is 2. The molecule has 0 spiro atoms. The largest absolute Gasteiger partial charge is 0.497 e. The monoisotopic (exact) mass is 442 g/mol. The smallest absolute Gasteiger partial charge is 0.240 e. The number of halogens is 1. The van der Waals surface area contributed by atoms with Gasteiger partial charge in [-0.25, -0.2) is 13.1 Å². The standard InChI is InChI=1S/C17H19BrN2O5S/c1-24-14-9-13(10-15(11-14)25-2)20-17(21)7-8-19-26(22,23)16-5-3-12(18)4-6-16/h3-6,9-11,19H,7-8H2,1-2H3,(H,20,21). The summed E-state index contributed by atoms with van der Waals surface area (Å²) in [4.78, 5) is 12.2. The Bertz CT molecular complexity index is 847. The fourth-order valence-corrected chi connectivity index (χ4v) is 3.40. The van der Waals surface area contributed by atoms with E-state index in [1.807, 2.05) is 0 Å². The van der Waals surface area contributed by atoms with E-state index in [9.17, 15) is 13.2 Å². The van der Waals surface area contributed by atoms with E-state index in [1.165, 1.54) is 26.4 Å². The molecule has 0 heterocycles. The third-order valence-electron chi connectivity index (χ3n) is 3.40. The molecule has 7 nitrogen and oxygen atoms in total. The van der Waals surface area contributed by atoms with E-state index >= 15 is 0 Å². The van der Waals surface area contributed by atoms with Gasteiger partial charge in [-0.15, -0.1) is 0 Å². The highest BCUT2D eigenvalue weighted by Gasteiger charge is 2.14. The van der Waals surface area contributed by atoms with Crippen molar-refractivity contribution >= 4 is 37.5 Å². The van der Waals surface area contributed by atoms with Gasteiger partial charge in [0.25, 0.3) is 0 Å². The van der Waals surface area contributed by atoms with Gasteiger partial charge in [0.2, 0.25) is 15.9 Å². The molecule has 0 radical (unpaired) electrons. The summed E-state index contributed by atoms with van der Waals surface area (Å²) in [7, 11) is -0.635. The normalized spacial score (nSPS) is 11.0. The molecule has 2 aromatic rings. The maximum atomic E-state index is 12.2. The zero-order valence-corrected chi connectivity index (χ0v) is 16.7. The third-order valence-corrected chi connectivity index (χ3v) is 5.41. The number of hydrogen-bond donors (Lipinski definition) is 2. The van der Waals surface area contributed by atoms with Gasteiger partial charge >= 0.3 is 0 Å². The minimum Gasteiger partial charge on any atom is -0.497 e. The highest BCUT2D eigenvalue weighted by atomic mass is 79.9. The minimum absolute atomic E-state index is 0.0186. The van der Waals surface area contributed by atoms with Crippen LogP contribution in [0, 0.1) is 0 Å². The van der Waals surface area contributed by atoms with E-state index in [0.717, 1.165) is 4.47 Å². The molecule has 0 bridgehead atoms. The number of anilines is 1. The van der Waals surface area contributed by atoms with Crippen LogP contribution in [0.1, 0.15) is 6.42 Å². The topological polar surface area (TPSA) is 93.7 Å². The number of sulfonamides is 1. The number of hydrogen-bond acceptors (Lipinski definition) is 5. The van der Waals surface area contributed by atoms with Crippen molar-refractivity contribution < 1.29 is 22.7 Å². The molecule has 0 saturated heterocycles. The highest BCUT2D eigenvalue weighted by Crippen LogP contribution is 2.25. The van der Waals surface area contributed by atoms with E-state index < -0.39 is 10.0 Å². The van der Waals surface area contributed by atoms with E-state index in [-0.39, 0.29) is 23.8 Å². The van der Waals surface area contributed by atoms with Crippen molar-refractivity contribution in [2.75, 3.05) is 26.1 Å². The second-order valence-electron chi connectivity index (χ2n) is 5.25. The fraction of sp³-hybridized carbons (Fsp3) is 0.235. The Labute approximate surface area is 160 Å². The van der Waals surface area contributed by atoms with Gasteiger partial charge in [-0.1, -0.05) is 15.9 Å². The molecule has 2 rings (SSSR count). The first-order valence-corrected chi connectivity index (χ1v) is 9.90. The minimum atomic E-state index is -3.66. The van der Waals surface area contributed by atoms with Gasteiger partial charge in [0.1, 0.15) is 11.5 Å². The number of rotatable bonds is 8. The molecule has 0 aromatic heterocycles. The number of ether oxygens (including phenoxy) is 2. The van der Waals surface area contributed by atoms with Crippen molar-refractivity contribution in [3.63, 3.8) is 0 Å². The molecule has 0 aliphatic rings. The van der Waals surface area contributed by atoms with Crippen molar-refractivity contribution in [1.29, 1.82) is 0 Å². The molecular formula is C17H19BrN2O5S. The molecule has 0 saturated carbocycles. The second kappa shape index (κ2) is 9.02. The summed E-state index contributed by atoms with van der Waals surface area (Å²) in [6.07, 6.45) is -0.0186. The first-order valence-electron chi connectivity index (χ1n) is 7.62. The van der Waals surface area contributed by atoms with E-state index in [4.69, 9.17) is 9.47 Å². The third kappa shape index (κ3) is 5.72. The zero-order valence-electron chi connectivity index (χ0n) is 14.3. The summed E-state index contributed by atoms with van der Waals surface area (Å²) in [5, 5.41) is 2.68. The highest BCUT2D eigenvalue weighted by molar-refractivity contribution is 9.10. The maximum absolute atomic E-state index is 12.2. The Kier molecular flexibility index (Phi) is 7.01. The van der Waals surface area contributed by atoms with Crippen LogP contribution < -0.4 is 19.5 Å². The SMILES string of the molecule is COc1cc(NC(=O)CCNS(=O)(=O)c2ccc(Br)cc2)cc(OC)c1. The summed E-state index contributed by atoms with van der Waals surface area (Å²) in [6.45, 7) is -0.0225. The Balaban J connectivity index is 1.92. The van der Waals surface area contributed by atoms with Crippen molar-refractivity contribution in [3.05, 3.63) is 46.9 Å². The predicted octanol–water partition coefficient (Wildman–Crippen LogP) is 2.77. The number of benzene rings is 2. The average Bonchev–Trinajstić information content (AvgIpc) is 2.61. The Morgan fingerprint density at radius 1 is 1.04 bits per heavy atom. The molecule has 0 fully saturated rings. The van der Waals surface area contributed by atoms with Crippen LogP contribution in [0.3, 0.4) is 0 Å². The van der Waals surface area contributed by atoms with Crippen LogP contribution in [-0.4, -0.2) is 35.1 Å².